The van der Waals surface area contributed by atoms with Gasteiger partial charge in [0.25, 0.3) is 0 Å². The molecule has 0 aliphatic rings. The zero-order valence-corrected chi connectivity index (χ0v) is 9.00. The van der Waals surface area contributed by atoms with Gasteiger partial charge in [-0.2, -0.15) is 0 Å². The highest BCUT2D eigenvalue weighted by Gasteiger charge is 2.09. The molecule has 0 amide bonds. The molecule has 2 N–H and O–H groups in total. The highest BCUT2D eigenvalue weighted by atomic mass is 32.1. The number of hydrogen-bond donors (Lipinski definition) is 3. The minimum absolute atomic E-state index is 0.0635. The maximum Gasteiger partial charge on any atom is 0.0778 e. The Morgan fingerprint density at radius 2 is 2.23 bits per heavy atom. The van der Waals surface area contributed by atoms with E-state index < -0.39 is 0 Å². The predicted octanol–water partition coefficient (Wildman–Crippen LogP) is 1.32. The van der Waals surface area contributed by atoms with Gasteiger partial charge in [0.05, 0.1) is 18.8 Å². The Hall–Kier alpha value is -0.0300. The molecule has 0 spiro atoms. The lowest BCUT2D eigenvalue weighted by Gasteiger charge is -2.13. The third-order valence-corrected chi connectivity index (χ3v) is 2.03. The van der Waals surface area contributed by atoms with E-state index in [4.69, 9.17) is 14.4 Å². The van der Waals surface area contributed by atoms with Gasteiger partial charge in [-0.3, -0.25) is 0 Å². The van der Waals surface area contributed by atoms with Crippen molar-refractivity contribution in [1.82, 2.24) is 0 Å². The molecule has 0 radical (unpaired) electrons. The van der Waals surface area contributed by atoms with Crippen molar-refractivity contribution in [2.75, 3.05) is 6.61 Å². The van der Waals surface area contributed by atoms with Gasteiger partial charge >= 0.3 is 0 Å². The molecule has 0 saturated carbocycles. The molecule has 2 atom stereocenters. The van der Waals surface area contributed by atoms with E-state index in [1.807, 2.05) is 13.0 Å². The molecule has 0 rings (SSSR count). The summed E-state index contributed by atoms with van der Waals surface area (Å²) in [5, 5.41) is 17.8. The molecular formula is C9H18O3S. The molecular weight excluding hydrogens is 188 g/mol. The zero-order valence-electron chi connectivity index (χ0n) is 8.10. The van der Waals surface area contributed by atoms with Gasteiger partial charge in [0, 0.05) is 6.42 Å². The molecule has 0 aliphatic carbocycles. The van der Waals surface area contributed by atoms with E-state index in [1.165, 1.54) is 0 Å². The summed E-state index contributed by atoms with van der Waals surface area (Å²) >= 11 is 3.72. The number of hydrogen-bond acceptors (Lipinski definition) is 4. The summed E-state index contributed by atoms with van der Waals surface area (Å²) < 4.78 is 4.86. The lowest BCUT2D eigenvalue weighted by Crippen LogP contribution is -2.15. The molecule has 0 aliphatic heterocycles. The first-order valence-corrected chi connectivity index (χ1v) is 4.71. The van der Waals surface area contributed by atoms with Crippen LogP contribution in [0.15, 0.2) is 11.6 Å². The lowest BCUT2D eigenvalue weighted by molar-refractivity contribution is 0.122. The minimum Gasteiger partial charge on any atom is -0.393 e. The summed E-state index contributed by atoms with van der Waals surface area (Å²) in [4.78, 5) is 0. The Labute approximate surface area is 85.0 Å². The van der Waals surface area contributed by atoms with E-state index in [2.05, 4.69) is 12.9 Å². The predicted molar refractivity (Wildman–Crippen MR) is 55.6 cm³/mol. The molecule has 0 bridgehead atoms. The summed E-state index contributed by atoms with van der Waals surface area (Å²) in [6, 6.07) is 0. The van der Waals surface area contributed by atoms with Crippen LogP contribution in [-0.4, -0.2) is 29.0 Å². The van der Waals surface area contributed by atoms with Crippen LogP contribution in [0.25, 0.3) is 0 Å². The maximum atomic E-state index is 9.09. The Morgan fingerprint density at radius 1 is 1.62 bits per heavy atom. The first-order chi connectivity index (χ1) is 6.10. The van der Waals surface area contributed by atoms with E-state index in [0.717, 1.165) is 5.57 Å². The van der Waals surface area contributed by atoms with Crippen molar-refractivity contribution in [3.63, 3.8) is 0 Å². The Bertz CT molecular complexity index is 157. The van der Waals surface area contributed by atoms with E-state index in [0.29, 0.717) is 12.8 Å². The highest BCUT2D eigenvalue weighted by Crippen LogP contribution is 2.11. The standard InChI is InChI=1S/C9H18O3S/c1-7(6-10)3-4-9(12-13)5-8(2)11/h3,8-11,13H,4-6H2,1-2H3/b7-3+/t8-,9+/m0/s1. The van der Waals surface area contributed by atoms with Crippen molar-refractivity contribution >= 4 is 12.9 Å². The van der Waals surface area contributed by atoms with Crippen LogP contribution in [-0.2, 0) is 4.18 Å². The Morgan fingerprint density at radius 3 is 2.62 bits per heavy atom. The van der Waals surface area contributed by atoms with Crippen LogP contribution in [0.2, 0.25) is 0 Å². The normalized spacial score (nSPS) is 17.2. The van der Waals surface area contributed by atoms with Crippen molar-refractivity contribution in [3.05, 3.63) is 11.6 Å². The molecule has 13 heavy (non-hydrogen) atoms. The van der Waals surface area contributed by atoms with Crippen LogP contribution in [0.5, 0.6) is 0 Å². The fraction of sp³-hybridized carbons (Fsp3) is 0.778. The third-order valence-electron chi connectivity index (χ3n) is 1.73. The summed E-state index contributed by atoms with van der Waals surface area (Å²) in [6.45, 7) is 3.62. The Kier molecular flexibility index (Phi) is 7.36. The monoisotopic (exact) mass is 206 g/mol. The summed E-state index contributed by atoms with van der Waals surface area (Å²) in [5.74, 6) is 0. The highest BCUT2D eigenvalue weighted by molar-refractivity contribution is 7.75. The number of aliphatic hydroxyl groups is 2. The summed E-state index contributed by atoms with van der Waals surface area (Å²) in [5.41, 5.74) is 0.904. The van der Waals surface area contributed by atoms with Gasteiger partial charge in [-0.1, -0.05) is 11.6 Å². The topological polar surface area (TPSA) is 49.7 Å². The minimum atomic E-state index is -0.389. The van der Waals surface area contributed by atoms with Gasteiger partial charge in [0.1, 0.15) is 0 Å². The third kappa shape index (κ3) is 7.07. The van der Waals surface area contributed by atoms with Crippen LogP contribution in [0.3, 0.4) is 0 Å². The number of aliphatic hydroxyl groups excluding tert-OH is 2. The van der Waals surface area contributed by atoms with E-state index >= 15 is 0 Å². The molecule has 78 valence electrons. The fourth-order valence-electron chi connectivity index (χ4n) is 0.960. The van der Waals surface area contributed by atoms with Crippen molar-refractivity contribution in [3.8, 4) is 0 Å². The van der Waals surface area contributed by atoms with E-state index in [-0.39, 0.29) is 18.8 Å². The van der Waals surface area contributed by atoms with Gasteiger partial charge in [0.15, 0.2) is 0 Å². The first kappa shape index (κ1) is 13.0. The van der Waals surface area contributed by atoms with Gasteiger partial charge in [-0.05, 0) is 33.2 Å². The fourth-order valence-corrected chi connectivity index (χ4v) is 1.13. The van der Waals surface area contributed by atoms with Crippen molar-refractivity contribution in [2.45, 2.75) is 38.9 Å². The van der Waals surface area contributed by atoms with Crippen LogP contribution >= 0.6 is 12.9 Å². The molecule has 0 aromatic carbocycles. The van der Waals surface area contributed by atoms with Gasteiger partial charge in [0.2, 0.25) is 0 Å². The smallest absolute Gasteiger partial charge is 0.0778 e. The van der Waals surface area contributed by atoms with Crippen LogP contribution in [0, 0.1) is 0 Å². The second-order valence-corrected chi connectivity index (χ2v) is 3.47. The van der Waals surface area contributed by atoms with Gasteiger partial charge in [-0.25, -0.2) is 0 Å². The number of rotatable bonds is 6. The number of thiol groups is 1. The Balaban J connectivity index is 3.84. The van der Waals surface area contributed by atoms with E-state index in [9.17, 15) is 0 Å². The summed E-state index contributed by atoms with van der Waals surface area (Å²) in [7, 11) is 0. The van der Waals surface area contributed by atoms with E-state index in [1.54, 1.807) is 6.92 Å². The van der Waals surface area contributed by atoms with Gasteiger partial charge < -0.3 is 14.4 Å². The molecule has 0 heterocycles. The van der Waals surface area contributed by atoms with Crippen molar-refractivity contribution < 1.29 is 14.4 Å². The lowest BCUT2D eigenvalue weighted by atomic mass is 10.1. The van der Waals surface area contributed by atoms with Crippen LogP contribution in [0.4, 0.5) is 0 Å². The van der Waals surface area contributed by atoms with Crippen molar-refractivity contribution in [2.24, 2.45) is 0 Å². The molecule has 0 unspecified atom stereocenters. The molecule has 0 aromatic rings. The second-order valence-electron chi connectivity index (χ2n) is 3.26. The first-order valence-electron chi connectivity index (χ1n) is 4.35. The van der Waals surface area contributed by atoms with Crippen molar-refractivity contribution in [1.29, 1.82) is 0 Å². The molecule has 0 aromatic heterocycles. The molecule has 0 fully saturated rings. The molecule has 3 nitrogen and oxygen atoms in total. The quantitative estimate of drug-likeness (QED) is 0.349. The molecule has 0 saturated heterocycles. The van der Waals surface area contributed by atoms with Crippen LogP contribution < -0.4 is 0 Å². The maximum absolute atomic E-state index is 9.09. The zero-order chi connectivity index (χ0) is 10.3. The summed E-state index contributed by atoms with van der Waals surface area (Å²) in [6.07, 6.45) is 2.63. The average molecular weight is 206 g/mol. The van der Waals surface area contributed by atoms with Gasteiger partial charge in [-0.15, -0.1) is 0 Å². The largest absolute Gasteiger partial charge is 0.393 e. The second kappa shape index (κ2) is 7.38. The average Bonchev–Trinajstić information content (AvgIpc) is 2.10. The SMILES string of the molecule is C/C(=C\C[C@H](C[C@H](C)O)OS)CO. The van der Waals surface area contributed by atoms with Crippen LogP contribution in [0.1, 0.15) is 26.7 Å². The molecule has 4 heteroatoms.